The van der Waals surface area contributed by atoms with Crippen LogP contribution in [0.5, 0.6) is 5.75 Å². The van der Waals surface area contributed by atoms with Crippen LogP contribution in [-0.4, -0.2) is 64.8 Å². The van der Waals surface area contributed by atoms with Crippen LogP contribution in [0.4, 0.5) is 11.4 Å². The molecule has 0 aliphatic carbocycles. The van der Waals surface area contributed by atoms with Crippen LogP contribution in [0.25, 0.3) is 10.8 Å². The summed E-state index contributed by atoms with van der Waals surface area (Å²) in [6, 6.07) is 8.44. The molecule has 0 aromatic heterocycles. The van der Waals surface area contributed by atoms with Gasteiger partial charge in [-0.2, -0.15) is 25.3 Å². The van der Waals surface area contributed by atoms with E-state index in [1.807, 2.05) is 0 Å². The van der Waals surface area contributed by atoms with Crippen molar-refractivity contribution in [2.75, 3.05) is 12.4 Å². The molecule has 15 nitrogen and oxygen atoms in total. The van der Waals surface area contributed by atoms with E-state index in [2.05, 4.69) is 14.4 Å². The molecule has 0 atom stereocenters. The summed E-state index contributed by atoms with van der Waals surface area (Å²) in [6.45, 7) is -0.926. The van der Waals surface area contributed by atoms with Gasteiger partial charge in [0.1, 0.15) is 16.3 Å². The van der Waals surface area contributed by atoms with E-state index in [-0.39, 0.29) is 16.5 Å². The summed E-state index contributed by atoms with van der Waals surface area (Å²) in [4.78, 5) is -2.19. The predicted molar refractivity (Wildman–Crippen MR) is 125 cm³/mol. The highest BCUT2D eigenvalue weighted by Gasteiger charge is 2.24. The normalized spacial score (nSPS) is 13.4. The molecule has 200 valence electrons. The summed E-state index contributed by atoms with van der Waals surface area (Å²) < 4.78 is 124. The largest absolute Gasteiger partial charge is 0.504 e. The van der Waals surface area contributed by atoms with Gasteiger partial charge in [-0.3, -0.25) is 13.7 Å². The summed E-state index contributed by atoms with van der Waals surface area (Å²) in [7, 11) is -19.0. The van der Waals surface area contributed by atoms with Gasteiger partial charge in [0.15, 0.2) is 15.6 Å². The van der Waals surface area contributed by atoms with Crippen molar-refractivity contribution >= 4 is 62.6 Å². The van der Waals surface area contributed by atoms with Crippen LogP contribution in [-0.2, 0) is 44.7 Å². The highest BCUT2D eigenvalue weighted by atomic mass is 32.3. The summed E-state index contributed by atoms with van der Waals surface area (Å²) in [6.07, 6.45) is 0. The summed E-state index contributed by atoms with van der Waals surface area (Å²) in [5.41, 5.74) is -0.942. The number of azo groups is 1. The summed E-state index contributed by atoms with van der Waals surface area (Å²) >= 11 is 0. The molecule has 0 radical (unpaired) electrons. The molecule has 0 heterocycles. The Hall–Kier alpha value is -3.04. The van der Waals surface area contributed by atoms with Crippen molar-refractivity contribution in [3.8, 4) is 5.75 Å². The first-order valence-electron chi connectivity index (χ1n) is 9.50. The second-order valence-electron chi connectivity index (χ2n) is 7.14. The van der Waals surface area contributed by atoms with Crippen LogP contribution in [0, 0.1) is 0 Å². The molecule has 3 aromatic rings. The van der Waals surface area contributed by atoms with Gasteiger partial charge in [0, 0.05) is 5.39 Å². The second kappa shape index (κ2) is 10.0. The molecule has 0 unspecified atom stereocenters. The molecule has 3 aromatic carbocycles. The lowest BCUT2D eigenvalue weighted by atomic mass is 10.1. The number of sulfone groups is 1. The van der Waals surface area contributed by atoms with E-state index in [1.165, 1.54) is 18.2 Å². The predicted octanol–water partition coefficient (Wildman–Crippen LogP) is 2.05. The zero-order chi connectivity index (χ0) is 27.8. The van der Waals surface area contributed by atoms with Gasteiger partial charge in [-0.1, -0.05) is 18.2 Å². The van der Waals surface area contributed by atoms with Crippen LogP contribution < -0.4 is 0 Å². The molecule has 0 saturated heterocycles. The van der Waals surface area contributed by atoms with Crippen LogP contribution >= 0.6 is 0 Å². The number of fused-ring (bicyclic) bond motifs is 1. The van der Waals surface area contributed by atoms with E-state index >= 15 is 0 Å². The summed E-state index contributed by atoms with van der Waals surface area (Å²) in [5, 5.41) is 17.6. The number of hydrogen-bond donors (Lipinski definition) is 4. The Kier molecular flexibility index (Phi) is 7.73. The number of hydrogen-bond acceptors (Lipinski definition) is 12. The topological polar surface area (TPSA) is 251 Å². The van der Waals surface area contributed by atoms with Gasteiger partial charge in [-0.25, -0.2) is 12.6 Å². The maximum absolute atomic E-state index is 12.6. The first-order valence-corrected chi connectivity index (χ1v) is 15.4. The van der Waals surface area contributed by atoms with E-state index in [9.17, 15) is 47.9 Å². The fourth-order valence-corrected chi connectivity index (χ4v) is 5.82. The summed E-state index contributed by atoms with van der Waals surface area (Å²) in [5.74, 6) is -2.00. The highest BCUT2D eigenvalue weighted by molar-refractivity contribution is 7.91. The van der Waals surface area contributed by atoms with Crippen molar-refractivity contribution in [3.05, 3.63) is 48.5 Å². The van der Waals surface area contributed by atoms with Gasteiger partial charge in [-0.05, 0) is 35.7 Å². The lowest BCUT2D eigenvalue weighted by molar-refractivity contribution is 0.284. The molecule has 4 N–H and O–H groups in total. The zero-order valence-electron chi connectivity index (χ0n) is 18.0. The number of rotatable bonds is 9. The highest BCUT2D eigenvalue weighted by Crippen LogP contribution is 2.42. The van der Waals surface area contributed by atoms with Crippen molar-refractivity contribution < 1.29 is 56.6 Å². The van der Waals surface area contributed by atoms with Crippen LogP contribution in [0.1, 0.15) is 0 Å². The van der Waals surface area contributed by atoms with Gasteiger partial charge in [-0.15, -0.1) is 10.2 Å². The maximum atomic E-state index is 12.6. The lowest BCUT2D eigenvalue weighted by Gasteiger charge is -2.10. The van der Waals surface area contributed by atoms with E-state index < -0.39 is 79.0 Å². The van der Waals surface area contributed by atoms with Crippen molar-refractivity contribution in [1.29, 1.82) is 0 Å². The fraction of sp³-hybridized carbons (Fsp3) is 0.111. The first kappa shape index (κ1) is 28.5. The van der Waals surface area contributed by atoms with E-state index in [0.29, 0.717) is 0 Å². The van der Waals surface area contributed by atoms with Crippen LogP contribution in [0.15, 0.2) is 73.4 Å². The molecular formula is C18H16N2O13S4. The lowest BCUT2D eigenvalue weighted by Crippen LogP contribution is -2.15. The molecule has 0 aliphatic rings. The SMILES string of the molecule is O=S(=O)(O)OCCS(=O)(=O)c1ccccc1N=Nc1c(O)c(S(=O)(=O)O)cc2cc(S(=O)(=O)O)ccc12. The molecule has 37 heavy (non-hydrogen) atoms. The minimum absolute atomic E-state index is 0.0945. The Labute approximate surface area is 210 Å². The number of aromatic hydroxyl groups is 1. The Balaban J connectivity index is 2.17. The van der Waals surface area contributed by atoms with Crippen LogP contribution in [0.2, 0.25) is 0 Å². The van der Waals surface area contributed by atoms with E-state index in [0.717, 1.165) is 30.3 Å². The molecule has 19 heteroatoms. The third-order valence-corrected chi connectivity index (χ3v) is 8.54. The standard InChI is InChI=1S/C18H16N2O13S4/c21-18-16(36(27,28)29)10-11-9-12(35(24,25)26)5-6-13(11)17(18)20-19-14-3-1-2-4-15(14)34(22,23)8-7-33-37(30,31)32/h1-6,9-10,21H,7-8H2,(H,24,25,26)(H,27,28,29)(H,30,31,32). The minimum Gasteiger partial charge on any atom is -0.504 e. The van der Waals surface area contributed by atoms with Gasteiger partial charge in [0.05, 0.1) is 22.2 Å². The molecule has 0 fully saturated rings. The number of phenols is 1. The average molecular weight is 597 g/mol. The number of benzene rings is 3. The van der Waals surface area contributed by atoms with Crippen molar-refractivity contribution in [3.63, 3.8) is 0 Å². The minimum atomic E-state index is -5.08. The molecular weight excluding hydrogens is 580 g/mol. The third-order valence-electron chi connectivity index (χ3n) is 4.64. The third kappa shape index (κ3) is 6.84. The molecule has 0 spiro atoms. The molecule has 0 aliphatic heterocycles. The quantitative estimate of drug-likeness (QED) is 0.204. The Bertz CT molecular complexity index is 1850. The van der Waals surface area contributed by atoms with Gasteiger partial charge >= 0.3 is 10.4 Å². The second-order valence-corrected chi connectivity index (χ2v) is 13.1. The molecule has 3 rings (SSSR count). The average Bonchev–Trinajstić information content (AvgIpc) is 2.75. The van der Waals surface area contributed by atoms with E-state index in [1.54, 1.807) is 0 Å². The van der Waals surface area contributed by atoms with Crippen molar-refractivity contribution in [2.45, 2.75) is 14.7 Å². The Morgan fingerprint density at radius 2 is 1.41 bits per heavy atom. The zero-order valence-corrected chi connectivity index (χ0v) is 21.3. The maximum Gasteiger partial charge on any atom is 0.397 e. The Morgan fingerprint density at radius 1 is 0.757 bits per heavy atom. The molecule has 0 saturated carbocycles. The van der Waals surface area contributed by atoms with Crippen LogP contribution in [0.3, 0.4) is 0 Å². The van der Waals surface area contributed by atoms with Crippen molar-refractivity contribution in [2.24, 2.45) is 10.2 Å². The number of nitrogens with zero attached hydrogens (tertiary/aromatic N) is 2. The first-order chi connectivity index (χ1) is 16.9. The Morgan fingerprint density at radius 3 is 2.00 bits per heavy atom. The van der Waals surface area contributed by atoms with Gasteiger partial charge in [0.25, 0.3) is 20.2 Å². The monoisotopic (exact) mass is 596 g/mol. The molecule has 0 bridgehead atoms. The van der Waals surface area contributed by atoms with Gasteiger partial charge < -0.3 is 5.11 Å². The van der Waals surface area contributed by atoms with Crippen molar-refractivity contribution in [1.82, 2.24) is 0 Å². The van der Waals surface area contributed by atoms with Gasteiger partial charge in [0.2, 0.25) is 0 Å². The smallest absolute Gasteiger partial charge is 0.397 e. The van der Waals surface area contributed by atoms with E-state index in [4.69, 9.17) is 4.55 Å². The fourth-order valence-electron chi connectivity index (χ4n) is 3.05. The number of phenolic OH excluding ortho intramolecular Hbond substituents is 1. The molecule has 0 amide bonds.